The fourth-order valence-corrected chi connectivity index (χ4v) is 1.31. The Morgan fingerprint density at radius 2 is 1.56 bits per heavy atom. The van der Waals surface area contributed by atoms with E-state index in [9.17, 15) is 22.0 Å². The first kappa shape index (κ1) is 12.9. The minimum absolute atomic E-state index is 0.298. The SMILES string of the molecule is CNC(C)c1c(F)cc(C(F)(F)F)cc1F. The molecule has 1 nitrogen and oxygen atoms in total. The van der Waals surface area contributed by atoms with Gasteiger partial charge in [-0.2, -0.15) is 13.2 Å². The highest BCUT2D eigenvalue weighted by atomic mass is 19.4. The van der Waals surface area contributed by atoms with E-state index < -0.39 is 35.0 Å². The van der Waals surface area contributed by atoms with Crippen molar-refractivity contribution in [1.29, 1.82) is 0 Å². The van der Waals surface area contributed by atoms with Crippen molar-refractivity contribution >= 4 is 0 Å². The Hall–Kier alpha value is -1.17. The lowest BCUT2D eigenvalue weighted by Crippen LogP contribution is -2.17. The Labute approximate surface area is 89.3 Å². The van der Waals surface area contributed by atoms with Crippen molar-refractivity contribution in [3.05, 3.63) is 34.9 Å². The fourth-order valence-electron chi connectivity index (χ4n) is 1.31. The number of alkyl halides is 3. The summed E-state index contributed by atoms with van der Waals surface area (Å²) in [6.07, 6.45) is -4.75. The third kappa shape index (κ3) is 2.49. The number of nitrogens with one attached hydrogen (secondary N) is 1. The molecule has 0 aliphatic heterocycles. The van der Waals surface area contributed by atoms with Gasteiger partial charge in [0.05, 0.1) is 5.56 Å². The molecule has 0 amide bonds. The van der Waals surface area contributed by atoms with Gasteiger partial charge in [-0.25, -0.2) is 8.78 Å². The maximum absolute atomic E-state index is 13.3. The standard InChI is InChI=1S/C10H10F5N/c1-5(16-2)9-7(11)3-6(4-8(9)12)10(13,14)15/h3-5,16H,1-2H3. The molecule has 1 unspecified atom stereocenters. The molecular weight excluding hydrogens is 229 g/mol. The Bertz CT molecular complexity index is 362. The number of rotatable bonds is 2. The summed E-state index contributed by atoms with van der Waals surface area (Å²) < 4.78 is 63.2. The number of benzene rings is 1. The van der Waals surface area contributed by atoms with Gasteiger partial charge in [0.2, 0.25) is 0 Å². The molecular formula is C10H10F5N. The summed E-state index contributed by atoms with van der Waals surface area (Å²) in [4.78, 5) is 0. The van der Waals surface area contributed by atoms with E-state index in [1.165, 1.54) is 14.0 Å². The topological polar surface area (TPSA) is 12.0 Å². The van der Waals surface area contributed by atoms with Crippen molar-refractivity contribution in [2.45, 2.75) is 19.1 Å². The highest BCUT2D eigenvalue weighted by Gasteiger charge is 2.33. The maximum Gasteiger partial charge on any atom is 0.416 e. The monoisotopic (exact) mass is 239 g/mol. The first-order valence-corrected chi connectivity index (χ1v) is 4.50. The molecule has 0 spiro atoms. The van der Waals surface area contributed by atoms with E-state index in [0.29, 0.717) is 12.1 Å². The van der Waals surface area contributed by atoms with E-state index >= 15 is 0 Å². The lowest BCUT2D eigenvalue weighted by atomic mass is 10.0. The van der Waals surface area contributed by atoms with Crippen molar-refractivity contribution in [3.63, 3.8) is 0 Å². The van der Waals surface area contributed by atoms with Crippen LogP contribution in [0.4, 0.5) is 22.0 Å². The van der Waals surface area contributed by atoms with Gasteiger partial charge in [0.25, 0.3) is 0 Å². The van der Waals surface area contributed by atoms with Crippen LogP contribution >= 0.6 is 0 Å². The summed E-state index contributed by atoms with van der Waals surface area (Å²) in [5.41, 5.74) is -1.72. The molecule has 90 valence electrons. The maximum atomic E-state index is 13.3. The minimum Gasteiger partial charge on any atom is -0.313 e. The molecule has 0 aliphatic carbocycles. The zero-order chi connectivity index (χ0) is 12.5. The van der Waals surface area contributed by atoms with Gasteiger partial charge in [-0.1, -0.05) is 0 Å². The van der Waals surface area contributed by atoms with Gasteiger partial charge < -0.3 is 5.32 Å². The first-order valence-electron chi connectivity index (χ1n) is 4.50. The van der Waals surface area contributed by atoms with Gasteiger partial charge in [0, 0.05) is 11.6 Å². The molecule has 0 saturated heterocycles. The van der Waals surface area contributed by atoms with E-state index in [1.54, 1.807) is 0 Å². The van der Waals surface area contributed by atoms with Gasteiger partial charge in [0.15, 0.2) is 0 Å². The van der Waals surface area contributed by atoms with Crippen LogP contribution in [-0.2, 0) is 6.18 Å². The highest BCUT2D eigenvalue weighted by Crippen LogP contribution is 2.32. The number of halogens is 5. The molecule has 6 heteroatoms. The quantitative estimate of drug-likeness (QED) is 0.781. The average Bonchev–Trinajstić information content (AvgIpc) is 2.14. The molecule has 16 heavy (non-hydrogen) atoms. The summed E-state index contributed by atoms with van der Waals surface area (Å²) in [6, 6.07) is -0.0966. The van der Waals surface area contributed by atoms with Crippen LogP contribution in [0.3, 0.4) is 0 Å². The van der Waals surface area contributed by atoms with Gasteiger partial charge >= 0.3 is 6.18 Å². The van der Waals surface area contributed by atoms with Crippen LogP contribution in [0.5, 0.6) is 0 Å². The van der Waals surface area contributed by atoms with E-state index in [4.69, 9.17) is 0 Å². The molecule has 0 saturated carbocycles. The van der Waals surface area contributed by atoms with Crippen molar-refractivity contribution in [2.24, 2.45) is 0 Å². The second-order valence-electron chi connectivity index (χ2n) is 3.36. The Morgan fingerprint density at radius 3 is 1.88 bits per heavy atom. The number of hydrogen-bond acceptors (Lipinski definition) is 1. The molecule has 1 rings (SSSR count). The summed E-state index contributed by atoms with van der Waals surface area (Å²) in [5.74, 6) is -2.40. The normalized spacial score (nSPS) is 13.9. The summed E-state index contributed by atoms with van der Waals surface area (Å²) in [6.45, 7) is 1.45. The van der Waals surface area contributed by atoms with Gasteiger partial charge in [-0.15, -0.1) is 0 Å². The van der Waals surface area contributed by atoms with E-state index in [0.717, 1.165) is 0 Å². The van der Waals surface area contributed by atoms with Crippen LogP contribution in [0.25, 0.3) is 0 Å². The van der Waals surface area contributed by atoms with Crippen LogP contribution in [0.15, 0.2) is 12.1 Å². The lowest BCUT2D eigenvalue weighted by Gasteiger charge is -2.15. The zero-order valence-corrected chi connectivity index (χ0v) is 8.62. The van der Waals surface area contributed by atoms with Gasteiger partial charge in [-0.05, 0) is 26.1 Å². The number of hydrogen-bond donors (Lipinski definition) is 1. The second-order valence-corrected chi connectivity index (χ2v) is 3.36. The Morgan fingerprint density at radius 1 is 1.12 bits per heavy atom. The molecule has 1 aromatic carbocycles. The van der Waals surface area contributed by atoms with Crippen molar-refractivity contribution in [1.82, 2.24) is 5.32 Å². The van der Waals surface area contributed by atoms with Crippen molar-refractivity contribution in [2.75, 3.05) is 7.05 Å². The van der Waals surface area contributed by atoms with Crippen LogP contribution in [0, 0.1) is 11.6 Å². The molecule has 0 radical (unpaired) electrons. The van der Waals surface area contributed by atoms with Gasteiger partial charge in [-0.3, -0.25) is 0 Å². The smallest absolute Gasteiger partial charge is 0.313 e. The van der Waals surface area contributed by atoms with Crippen LogP contribution in [0.1, 0.15) is 24.1 Å². The van der Waals surface area contributed by atoms with Crippen LogP contribution in [-0.4, -0.2) is 7.05 Å². The van der Waals surface area contributed by atoms with Crippen LogP contribution < -0.4 is 5.32 Å². The molecule has 0 aromatic heterocycles. The Kier molecular flexibility index (Phi) is 3.52. The summed E-state index contributed by atoms with van der Waals surface area (Å²) in [7, 11) is 1.46. The van der Waals surface area contributed by atoms with Crippen molar-refractivity contribution in [3.8, 4) is 0 Å². The highest BCUT2D eigenvalue weighted by molar-refractivity contribution is 5.30. The molecule has 0 heterocycles. The van der Waals surface area contributed by atoms with E-state index in [1.807, 2.05) is 0 Å². The summed E-state index contributed by atoms with van der Waals surface area (Å²) in [5, 5.41) is 2.56. The predicted molar refractivity (Wildman–Crippen MR) is 48.8 cm³/mol. The molecule has 0 aliphatic rings. The average molecular weight is 239 g/mol. The second kappa shape index (κ2) is 4.37. The molecule has 0 bridgehead atoms. The van der Waals surface area contributed by atoms with Crippen molar-refractivity contribution < 1.29 is 22.0 Å². The van der Waals surface area contributed by atoms with E-state index in [2.05, 4.69) is 5.32 Å². The zero-order valence-electron chi connectivity index (χ0n) is 8.62. The third-order valence-corrected chi connectivity index (χ3v) is 2.27. The van der Waals surface area contributed by atoms with E-state index in [-0.39, 0.29) is 0 Å². The van der Waals surface area contributed by atoms with Crippen LogP contribution in [0.2, 0.25) is 0 Å². The Balaban J connectivity index is 3.28. The minimum atomic E-state index is -4.75. The molecule has 0 fully saturated rings. The predicted octanol–water partition coefficient (Wildman–Crippen LogP) is 3.26. The largest absolute Gasteiger partial charge is 0.416 e. The molecule has 1 N–H and O–H groups in total. The van der Waals surface area contributed by atoms with Gasteiger partial charge in [0.1, 0.15) is 11.6 Å². The summed E-state index contributed by atoms with van der Waals surface area (Å²) >= 11 is 0. The third-order valence-electron chi connectivity index (χ3n) is 2.27. The molecule has 1 atom stereocenters. The lowest BCUT2D eigenvalue weighted by molar-refractivity contribution is -0.138. The fraction of sp³-hybridized carbons (Fsp3) is 0.400. The first-order chi connectivity index (χ1) is 7.27. The molecule has 1 aromatic rings.